The van der Waals surface area contributed by atoms with Crippen LogP contribution in [0.25, 0.3) is 0 Å². The van der Waals surface area contributed by atoms with E-state index in [0.717, 1.165) is 0 Å². The Balaban J connectivity index is -0.0000000800. The Morgan fingerprint density at radius 2 is 1.29 bits per heavy atom. The van der Waals surface area contributed by atoms with Crippen LogP contribution in [-0.2, 0) is 0 Å². The van der Waals surface area contributed by atoms with Crippen molar-refractivity contribution in [2.45, 2.75) is 0 Å². The molecule has 0 heterocycles. The number of halogens is 2. The molecule has 0 saturated carbocycles. The summed E-state index contributed by atoms with van der Waals surface area (Å²) in [7, 11) is 0. The zero-order chi connectivity index (χ0) is 4.28. The van der Waals surface area contributed by atoms with Gasteiger partial charge in [-0.3, -0.25) is 0 Å². The Morgan fingerprint density at radius 1 is 1.14 bits per heavy atom. The van der Waals surface area contributed by atoms with Gasteiger partial charge in [-0.2, -0.15) is 0 Å². The fourth-order valence-corrected chi connectivity index (χ4v) is 0. The molecule has 0 aliphatic rings. The van der Waals surface area contributed by atoms with E-state index in [0.29, 0.717) is 0 Å². The highest BCUT2D eigenvalue weighted by atomic mass is 79.9. The van der Waals surface area contributed by atoms with Crippen LogP contribution in [0.3, 0.4) is 0 Å². The van der Waals surface area contributed by atoms with E-state index in [4.69, 9.17) is 11.5 Å². The highest BCUT2D eigenvalue weighted by molar-refractivity contribution is 8.93. The molecule has 6 N–H and O–H groups in total. The number of hydrogen-bond acceptors (Lipinski definition) is 2. The van der Waals surface area contributed by atoms with Crippen LogP contribution in [0.2, 0.25) is 0 Å². The third-order valence-electron chi connectivity index (χ3n) is 0.149. The molecular formula is CH8Br2N4. The standard InChI is InChI=1S/CH6N4.2BrH/c2-1(3)5-4;;/h4H2,(H4,2,3,5);2*1H. The molecule has 0 fully saturated rings. The van der Waals surface area contributed by atoms with Crippen molar-refractivity contribution in [1.29, 1.82) is 0 Å². The fourth-order valence-electron chi connectivity index (χ4n) is 0. The van der Waals surface area contributed by atoms with Crippen molar-refractivity contribution in [3.63, 3.8) is 0 Å². The molecule has 0 saturated heterocycles. The molecule has 7 heavy (non-hydrogen) atoms. The third-order valence-corrected chi connectivity index (χ3v) is 0.149. The van der Waals surface area contributed by atoms with Gasteiger partial charge in [-0.25, -0.2) is 0 Å². The molecular weight excluding hydrogens is 228 g/mol. The molecule has 6 heteroatoms. The van der Waals surface area contributed by atoms with Gasteiger partial charge in [-0.15, -0.1) is 39.1 Å². The average molecular weight is 236 g/mol. The number of rotatable bonds is 0. The second kappa shape index (κ2) is 9.39. The smallest absolute Gasteiger partial charge is 0.208 e. The SMILES string of the molecule is Br.Br.NN=C(N)N. The Kier molecular flexibility index (Phi) is 21.1. The van der Waals surface area contributed by atoms with Crippen molar-refractivity contribution in [3.05, 3.63) is 0 Å². The van der Waals surface area contributed by atoms with Crippen LogP contribution in [0.5, 0.6) is 0 Å². The summed E-state index contributed by atoms with van der Waals surface area (Å²) in [5, 5.41) is 2.86. The molecule has 4 nitrogen and oxygen atoms in total. The summed E-state index contributed by atoms with van der Waals surface area (Å²) in [4.78, 5) is 0. The van der Waals surface area contributed by atoms with Gasteiger partial charge in [0.2, 0.25) is 5.96 Å². The molecule has 0 spiro atoms. The maximum absolute atomic E-state index is 4.69. The second-order valence-corrected chi connectivity index (χ2v) is 0.554. The quantitative estimate of drug-likeness (QED) is 0.224. The summed E-state index contributed by atoms with van der Waals surface area (Å²) >= 11 is 0. The first-order valence-corrected chi connectivity index (χ1v) is 1.06. The van der Waals surface area contributed by atoms with Crippen molar-refractivity contribution in [1.82, 2.24) is 0 Å². The number of hydrogen-bond donors (Lipinski definition) is 3. The summed E-state index contributed by atoms with van der Waals surface area (Å²) in [6.45, 7) is 0. The minimum absolute atomic E-state index is 0. The van der Waals surface area contributed by atoms with E-state index in [-0.39, 0.29) is 39.9 Å². The topological polar surface area (TPSA) is 90.4 Å². The highest BCUT2D eigenvalue weighted by Gasteiger charge is 1.62. The molecule has 0 aliphatic carbocycles. The Morgan fingerprint density at radius 3 is 1.29 bits per heavy atom. The van der Waals surface area contributed by atoms with Gasteiger partial charge in [0, 0.05) is 0 Å². The van der Waals surface area contributed by atoms with Crippen LogP contribution in [-0.4, -0.2) is 5.96 Å². The van der Waals surface area contributed by atoms with Crippen LogP contribution in [0, 0.1) is 0 Å². The van der Waals surface area contributed by atoms with Crippen molar-refractivity contribution in [2.75, 3.05) is 0 Å². The van der Waals surface area contributed by atoms with Gasteiger partial charge in [0.15, 0.2) is 0 Å². The zero-order valence-corrected chi connectivity index (χ0v) is 6.92. The molecule has 0 aromatic rings. The van der Waals surface area contributed by atoms with Crippen molar-refractivity contribution >= 4 is 39.9 Å². The molecule has 0 aromatic carbocycles. The minimum atomic E-state index is -0.0926. The molecule has 0 unspecified atom stereocenters. The second-order valence-electron chi connectivity index (χ2n) is 0.554. The van der Waals surface area contributed by atoms with E-state index in [1.54, 1.807) is 0 Å². The minimum Gasteiger partial charge on any atom is -0.369 e. The van der Waals surface area contributed by atoms with E-state index in [1.807, 2.05) is 0 Å². The largest absolute Gasteiger partial charge is 0.369 e. The van der Waals surface area contributed by atoms with Crippen molar-refractivity contribution in [2.24, 2.45) is 22.4 Å². The van der Waals surface area contributed by atoms with E-state index in [2.05, 4.69) is 10.9 Å². The van der Waals surface area contributed by atoms with Gasteiger partial charge < -0.3 is 17.3 Å². The summed E-state index contributed by atoms with van der Waals surface area (Å²) in [6.07, 6.45) is 0. The summed E-state index contributed by atoms with van der Waals surface area (Å²) in [6, 6.07) is 0. The van der Waals surface area contributed by atoms with Gasteiger partial charge in [-0.1, -0.05) is 0 Å². The van der Waals surface area contributed by atoms with Crippen LogP contribution in [0.15, 0.2) is 5.10 Å². The first-order valence-electron chi connectivity index (χ1n) is 1.06. The maximum atomic E-state index is 4.69. The third kappa shape index (κ3) is 23.8. The van der Waals surface area contributed by atoms with Crippen molar-refractivity contribution in [3.8, 4) is 0 Å². The van der Waals surface area contributed by atoms with Gasteiger partial charge in [0.05, 0.1) is 0 Å². The van der Waals surface area contributed by atoms with Crippen molar-refractivity contribution < 1.29 is 0 Å². The lowest BCUT2D eigenvalue weighted by molar-refractivity contribution is 1.21. The number of hydrazone groups is 1. The van der Waals surface area contributed by atoms with Gasteiger partial charge in [0.1, 0.15) is 0 Å². The van der Waals surface area contributed by atoms with Gasteiger partial charge in [0.25, 0.3) is 0 Å². The predicted octanol–water partition coefficient (Wildman–Crippen LogP) is -0.711. The lowest BCUT2D eigenvalue weighted by Crippen LogP contribution is -2.23. The monoisotopic (exact) mass is 234 g/mol. The van der Waals surface area contributed by atoms with E-state index < -0.39 is 0 Å². The molecule has 0 atom stereocenters. The predicted molar refractivity (Wildman–Crippen MR) is 40.6 cm³/mol. The van der Waals surface area contributed by atoms with E-state index in [1.165, 1.54) is 0 Å². The Hall–Kier alpha value is 0.0300. The summed E-state index contributed by atoms with van der Waals surface area (Å²) < 4.78 is 0. The van der Waals surface area contributed by atoms with E-state index >= 15 is 0 Å². The van der Waals surface area contributed by atoms with Crippen LogP contribution >= 0.6 is 34.0 Å². The molecule has 0 amide bonds. The normalized spacial score (nSPS) is 4.57. The molecule has 0 radical (unpaired) electrons. The van der Waals surface area contributed by atoms with Gasteiger partial charge in [-0.05, 0) is 0 Å². The number of guanidine groups is 1. The molecule has 46 valence electrons. The highest BCUT2D eigenvalue weighted by Crippen LogP contribution is 1.31. The first kappa shape index (κ1) is 15.7. The molecule has 0 aliphatic heterocycles. The fraction of sp³-hybridized carbons (Fsp3) is 0. The van der Waals surface area contributed by atoms with E-state index in [9.17, 15) is 0 Å². The number of nitrogens with two attached hydrogens (primary N) is 3. The summed E-state index contributed by atoms with van der Waals surface area (Å²) in [5.74, 6) is 4.42. The van der Waals surface area contributed by atoms with Crippen LogP contribution < -0.4 is 17.3 Å². The lowest BCUT2D eigenvalue weighted by Gasteiger charge is -1.76. The Bertz CT molecular complexity index is 47.7. The van der Waals surface area contributed by atoms with Crippen LogP contribution in [0.1, 0.15) is 0 Å². The van der Waals surface area contributed by atoms with Gasteiger partial charge >= 0.3 is 0 Å². The zero-order valence-electron chi connectivity index (χ0n) is 3.50. The lowest BCUT2D eigenvalue weighted by atomic mass is 11.1. The molecule has 0 bridgehead atoms. The molecule has 0 rings (SSSR count). The maximum Gasteiger partial charge on any atom is 0.208 e. The average Bonchev–Trinajstić information content (AvgIpc) is 1.38. The summed E-state index contributed by atoms with van der Waals surface area (Å²) in [5.41, 5.74) is 9.39. The number of nitrogens with zero attached hydrogens (tertiary/aromatic N) is 1. The Labute approximate surface area is 62.6 Å². The van der Waals surface area contributed by atoms with Crippen LogP contribution in [0.4, 0.5) is 0 Å². The first-order chi connectivity index (χ1) is 2.27. The molecule has 0 aromatic heterocycles.